The number of likely N-dealkylation sites (tertiary alicyclic amines) is 2. The summed E-state index contributed by atoms with van der Waals surface area (Å²) in [6, 6.07) is 19.0. The van der Waals surface area contributed by atoms with E-state index < -0.39 is 15.8 Å². The number of hydrogen-bond acceptors (Lipinski definition) is 6. The fraction of sp³-hybridized carbons (Fsp3) is 0.406. The first-order valence-electron chi connectivity index (χ1n) is 14.9. The van der Waals surface area contributed by atoms with Crippen molar-refractivity contribution in [3.05, 3.63) is 88.4 Å². The van der Waals surface area contributed by atoms with Crippen molar-refractivity contribution in [2.24, 2.45) is 0 Å². The summed E-state index contributed by atoms with van der Waals surface area (Å²) in [5.41, 5.74) is 0.689. The van der Waals surface area contributed by atoms with Gasteiger partial charge >= 0.3 is 0 Å². The molecule has 230 valence electrons. The lowest BCUT2D eigenvalue weighted by Crippen LogP contribution is -2.71. The van der Waals surface area contributed by atoms with E-state index in [0.29, 0.717) is 16.3 Å². The zero-order valence-electron chi connectivity index (χ0n) is 24.3. The highest BCUT2D eigenvalue weighted by Gasteiger charge is 2.43. The monoisotopic (exact) mass is 644 g/mol. The molecule has 0 unspecified atom stereocenters. The van der Waals surface area contributed by atoms with E-state index in [9.17, 15) is 13.2 Å². The van der Waals surface area contributed by atoms with E-state index in [2.05, 4.69) is 22.0 Å². The number of para-hydroxylation sites is 1. The maximum absolute atomic E-state index is 13.9. The van der Waals surface area contributed by atoms with Gasteiger partial charge < -0.3 is 10.2 Å². The van der Waals surface area contributed by atoms with Crippen LogP contribution in [0, 0.1) is 0 Å². The quantitative estimate of drug-likeness (QED) is 0.241. The van der Waals surface area contributed by atoms with Crippen LogP contribution in [-0.4, -0.2) is 56.1 Å². The molecule has 0 aliphatic carbocycles. The average Bonchev–Trinajstić information content (AvgIpc) is 3.05. The zero-order valence-corrected chi connectivity index (χ0v) is 26.7. The van der Waals surface area contributed by atoms with Crippen molar-refractivity contribution in [3.63, 3.8) is 0 Å². The van der Waals surface area contributed by atoms with Crippen LogP contribution in [0.1, 0.15) is 62.2 Å². The van der Waals surface area contributed by atoms with Crippen molar-refractivity contribution in [3.8, 4) is 5.75 Å². The van der Waals surface area contributed by atoms with Crippen molar-refractivity contribution >= 4 is 44.8 Å². The first-order valence-corrected chi connectivity index (χ1v) is 17.1. The second kappa shape index (κ2) is 13.9. The van der Waals surface area contributed by atoms with Gasteiger partial charge in [0, 0.05) is 37.8 Å². The van der Waals surface area contributed by atoms with Gasteiger partial charge in [0.1, 0.15) is 0 Å². The van der Waals surface area contributed by atoms with Gasteiger partial charge in [0.15, 0.2) is 11.5 Å². The van der Waals surface area contributed by atoms with Crippen LogP contribution in [0.5, 0.6) is 5.75 Å². The zero-order chi connectivity index (χ0) is 30.5. The van der Waals surface area contributed by atoms with Crippen molar-refractivity contribution in [2.45, 2.75) is 62.6 Å². The number of sulfonamides is 1. The molecule has 1 N–H and O–H groups in total. The predicted molar refractivity (Wildman–Crippen MR) is 171 cm³/mol. The molecule has 0 atom stereocenters. The van der Waals surface area contributed by atoms with Gasteiger partial charge in [-0.05, 0) is 80.6 Å². The number of carbonyl (C=O) groups is 1. The standard InChI is InChI=1S/C32H38Cl2N4O4S/c1-2-32(36-20-8-4-9-21-36,37-22-10-5-11-23-37)35-31(39)25-14-17-28(18-15-25)43(40,41)38(26-12-6-3-7-13-26)42-27-16-19-29(33)30(34)24-27/h3,6-7,12-19,24H,2,4-5,8-11,20-23H2,1H3,(H,35,39). The number of rotatable bonds is 10. The average molecular weight is 646 g/mol. The van der Waals surface area contributed by atoms with Crippen LogP contribution >= 0.6 is 23.2 Å². The second-order valence-electron chi connectivity index (χ2n) is 11.0. The molecular weight excluding hydrogens is 607 g/mol. The molecule has 2 fully saturated rings. The third-order valence-electron chi connectivity index (χ3n) is 8.24. The van der Waals surface area contributed by atoms with Crippen LogP contribution in [0.3, 0.4) is 0 Å². The number of amides is 1. The highest BCUT2D eigenvalue weighted by Crippen LogP contribution is 2.32. The highest BCUT2D eigenvalue weighted by atomic mass is 35.5. The first kappa shape index (κ1) is 31.6. The third kappa shape index (κ3) is 6.97. The van der Waals surface area contributed by atoms with Gasteiger partial charge in [-0.25, -0.2) is 0 Å². The largest absolute Gasteiger partial charge is 0.364 e. The molecular formula is C32H38Cl2N4O4S. The molecule has 1 amide bonds. The van der Waals surface area contributed by atoms with Gasteiger partial charge in [0.05, 0.1) is 20.6 Å². The van der Waals surface area contributed by atoms with Crippen molar-refractivity contribution < 1.29 is 18.0 Å². The number of hydrogen-bond donors (Lipinski definition) is 1. The minimum atomic E-state index is -4.20. The van der Waals surface area contributed by atoms with Crippen LogP contribution < -0.4 is 14.6 Å². The van der Waals surface area contributed by atoms with Crippen molar-refractivity contribution in [1.29, 1.82) is 0 Å². The summed E-state index contributed by atoms with van der Waals surface area (Å²) in [7, 11) is -4.20. The molecule has 5 rings (SSSR count). The Morgan fingerprint density at radius 3 is 1.95 bits per heavy atom. The minimum Gasteiger partial charge on any atom is -0.364 e. The number of carbonyl (C=O) groups excluding carboxylic acids is 1. The Balaban J connectivity index is 1.41. The van der Waals surface area contributed by atoms with E-state index in [0.717, 1.165) is 62.8 Å². The number of benzene rings is 3. The maximum atomic E-state index is 13.9. The van der Waals surface area contributed by atoms with E-state index >= 15 is 0 Å². The SMILES string of the molecule is CCC(NC(=O)c1ccc(S(=O)(=O)N(Oc2ccc(Cl)c(Cl)c2)c2ccccc2)cc1)(N1CCCCC1)N1CCCCC1. The molecule has 8 nitrogen and oxygen atoms in total. The summed E-state index contributed by atoms with van der Waals surface area (Å²) >= 11 is 12.2. The number of nitrogens with zero attached hydrogens (tertiary/aromatic N) is 3. The summed E-state index contributed by atoms with van der Waals surface area (Å²) in [6.07, 6.45) is 7.61. The van der Waals surface area contributed by atoms with E-state index in [4.69, 9.17) is 28.0 Å². The van der Waals surface area contributed by atoms with Crippen LogP contribution in [0.4, 0.5) is 5.69 Å². The predicted octanol–water partition coefficient (Wildman–Crippen LogP) is 6.95. The van der Waals surface area contributed by atoms with Crippen LogP contribution in [0.25, 0.3) is 0 Å². The van der Waals surface area contributed by atoms with Gasteiger partial charge in [-0.3, -0.25) is 14.6 Å². The molecule has 2 aliphatic rings. The molecule has 11 heteroatoms. The first-order chi connectivity index (χ1) is 20.7. The highest BCUT2D eigenvalue weighted by molar-refractivity contribution is 7.92. The smallest absolute Gasteiger partial charge is 0.295 e. The van der Waals surface area contributed by atoms with E-state index in [-0.39, 0.29) is 21.6 Å². The number of nitrogens with one attached hydrogen (secondary N) is 1. The van der Waals surface area contributed by atoms with Gasteiger partial charge in [-0.2, -0.15) is 8.42 Å². The Morgan fingerprint density at radius 2 is 1.42 bits per heavy atom. The molecule has 0 bridgehead atoms. The third-order valence-corrected chi connectivity index (χ3v) is 10.6. The lowest BCUT2D eigenvalue weighted by molar-refractivity contribution is -0.0970. The lowest BCUT2D eigenvalue weighted by Gasteiger charge is -2.53. The molecule has 3 aromatic carbocycles. The van der Waals surface area contributed by atoms with E-state index in [1.807, 2.05) is 0 Å². The Bertz CT molecular complexity index is 1480. The molecule has 0 spiro atoms. The minimum absolute atomic E-state index is 0.0261. The molecule has 2 aliphatic heterocycles. The Labute approximate surface area is 264 Å². The Hall–Kier alpha value is -2.82. The molecule has 43 heavy (non-hydrogen) atoms. The fourth-order valence-corrected chi connectivity index (χ4v) is 7.51. The van der Waals surface area contributed by atoms with Crippen LogP contribution in [0.2, 0.25) is 10.0 Å². The van der Waals surface area contributed by atoms with Gasteiger partial charge in [-0.15, -0.1) is 0 Å². The lowest BCUT2D eigenvalue weighted by atomic mass is 10.0. The fourth-order valence-electron chi connectivity index (χ4n) is 5.97. The van der Waals surface area contributed by atoms with Gasteiger partial charge in [0.25, 0.3) is 15.9 Å². The van der Waals surface area contributed by atoms with E-state index in [1.54, 1.807) is 42.5 Å². The topological polar surface area (TPSA) is 82.2 Å². The van der Waals surface area contributed by atoms with E-state index in [1.165, 1.54) is 43.2 Å². The number of halogens is 2. The molecule has 0 saturated carbocycles. The Morgan fingerprint density at radius 1 is 0.837 bits per heavy atom. The number of anilines is 1. The molecule has 0 aromatic heterocycles. The normalized spacial score (nSPS) is 16.9. The summed E-state index contributed by atoms with van der Waals surface area (Å²) in [5.74, 6) is -0.599. The van der Waals surface area contributed by atoms with Crippen LogP contribution in [-0.2, 0) is 10.0 Å². The summed E-state index contributed by atoms with van der Waals surface area (Å²) in [4.78, 5) is 24.4. The summed E-state index contributed by atoms with van der Waals surface area (Å²) in [5, 5.41) is 3.95. The maximum Gasteiger partial charge on any atom is 0.295 e. The molecule has 2 saturated heterocycles. The van der Waals surface area contributed by atoms with Crippen molar-refractivity contribution in [1.82, 2.24) is 15.1 Å². The molecule has 2 heterocycles. The Kier molecular flexibility index (Phi) is 10.2. The second-order valence-corrected chi connectivity index (χ2v) is 13.5. The van der Waals surface area contributed by atoms with Gasteiger partial charge in [0.2, 0.25) is 0 Å². The summed E-state index contributed by atoms with van der Waals surface area (Å²) < 4.78 is 28.6. The summed E-state index contributed by atoms with van der Waals surface area (Å²) in [6.45, 7) is 5.89. The van der Waals surface area contributed by atoms with Crippen LogP contribution in [0.15, 0.2) is 77.7 Å². The van der Waals surface area contributed by atoms with Crippen molar-refractivity contribution in [2.75, 3.05) is 30.6 Å². The van der Waals surface area contributed by atoms with Gasteiger partial charge in [-0.1, -0.05) is 65.6 Å². The molecule has 0 radical (unpaired) electrons. The molecule has 3 aromatic rings. The number of piperidine rings is 2.